The normalized spacial score (nSPS) is 10.1. The van der Waals surface area contributed by atoms with Gasteiger partial charge in [-0.2, -0.15) is 0 Å². The minimum atomic E-state index is -0.375. The number of benzene rings is 3. The molecule has 2 N–H and O–H groups in total. The number of fused-ring (bicyclic) bond motifs is 1. The number of phenols is 1. The number of nitrogens with zero attached hydrogens (tertiary/aromatic N) is 1. The Labute approximate surface area is 159 Å². The van der Waals surface area contributed by atoms with Gasteiger partial charge in [-0.15, -0.1) is 11.3 Å². The molecule has 0 radical (unpaired) electrons. The number of halogens is 1. The first-order valence-electron chi connectivity index (χ1n) is 8.18. The highest BCUT2D eigenvalue weighted by atomic mass is 32.1. The SMILES string of the molecule is CNc1ccc(-c2nc3ccccc3s2)c(O)c1.O=Cc1cccc(F)c1. The van der Waals surface area contributed by atoms with E-state index in [2.05, 4.69) is 10.3 Å². The maximum absolute atomic E-state index is 12.2. The van der Waals surface area contributed by atoms with Gasteiger partial charge in [0, 0.05) is 24.4 Å². The van der Waals surface area contributed by atoms with Crippen molar-refractivity contribution < 1.29 is 14.3 Å². The van der Waals surface area contributed by atoms with Crippen molar-refractivity contribution in [3.63, 3.8) is 0 Å². The molecule has 4 aromatic rings. The zero-order chi connectivity index (χ0) is 19.2. The minimum absolute atomic E-state index is 0.251. The van der Waals surface area contributed by atoms with Crippen LogP contribution in [0.4, 0.5) is 10.1 Å². The molecule has 0 aliphatic heterocycles. The predicted octanol–water partition coefficient (Wildman–Crippen LogP) is 5.35. The number of aldehydes is 1. The molecular formula is C21H17FN2O2S. The molecule has 0 spiro atoms. The number of aromatic hydroxyl groups is 1. The number of anilines is 1. The predicted molar refractivity (Wildman–Crippen MR) is 108 cm³/mol. The molecule has 1 heterocycles. The van der Waals surface area contributed by atoms with Gasteiger partial charge in [-0.05, 0) is 36.4 Å². The van der Waals surface area contributed by atoms with Crippen LogP contribution in [0.1, 0.15) is 10.4 Å². The first-order chi connectivity index (χ1) is 13.1. The third kappa shape index (κ3) is 4.48. The topological polar surface area (TPSA) is 62.2 Å². The van der Waals surface area contributed by atoms with Crippen LogP contribution in [-0.4, -0.2) is 23.4 Å². The number of carbonyl (C=O) groups excluding carboxylic acids is 1. The van der Waals surface area contributed by atoms with Crippen molar-refractivity contribution in [3.05, 3.63) is 78.1 Å². The number of para-hydroxylation sites is 1. The molecule has 1 aromatic heterocycles. The van der Waals surface area contributed by atoms with E-state index in [0.717, 1.165) is 26.5 Å². The molecule has 0 aliphatic rings. The van der Waals surface area contributed by atoms with Gasteiger partial charge in [-0.1, -0.05) is 24.3 Å². The van der Waals surface area contributed by atoms with Crippen molar-refractivity contribution >= 4 is 33.5 Å². The number of phenolic OH excluding ortho intramolecular Hbond substituents is 1. The first kappa shape index (κ1) is 18.5. The summed E-state index contributed by atoms with van der Waals surface area (Å²) >= 11 is 1.59. The van der Waals surface area contributed by atoms with Gasteiger partial charge in [0.2, 0.25) is 0 Å². The number of hydrogen-bond donors (Lipinski definition) is 2. The summed E-state index contributed by atoms with van der Waals surface area (Å²) in [5, 5.41) is 13.9. The number of nitrogens with one attached hydrogen (secondary N) is 1. The summed E-state index contributed by atoms with van der Waals surface area (Å²) in [6.45, 7) is 0. The van der Waals surface area contributed by atoms with Gasteiger partial charge in [-0.3, -0.25) is 4.79 Å². The van der Waals surface area contributed by atoms with Crippen molar-refractivity contribution in [3.8, 4) is 16.3 Å². The molecule has 0 saturated heterocycles. The van der Waals surface area contributed by atoms with Crippen LogP contribution in [0.5, 0.6) is 5.75 Å². The molecule has 4 rings (SSSR count). The molecule has 136 valence electrons. The van der Waals surface area contributed by atoms with Crippen LogP contribution in [0.2, 0.25) is 0 Å². The first-order valence-corrected chi connectivity index (χ1v) is 9.00. The monoisotopic (exact) mass is 380 g/mol. The lowest BCUT2D eigenvalue weighted by atomic mass is 10.2. The third-order valence-electron chi connectivity index (χ3n) is 3.80. The Morgan fingerprint density at radius 2 is 1.89 bits per heavy atom. The molecule has 0 atom stereocenters. The highest BCUT2D eigenvalue weighted by molar-refractivity contribution is 7.21. The Hall–Kier alpha value is -3.25. The molecule has 6 heteroatoms. The molecule has 0 amide bonds. The van der Waals surface area contributed by atoms with Gasteiger partial charge in [0.1, 0.15) is 22.9 Å². The van der Waals surface area contributed by atoms with E-state index in [-0.39, 0.29) is 11.6 Å². The highest BCUT2D eigenvalue weighted by Gasteiger charge is 2.10. The van der Waals surface area contributed by atoms with Crippen molar-refractivity contribution in [2.45, 2.75) is 0 Å². The van der Waals surface area contributed by atoms with Gasteiger partial charge in [0.25, 0.3) is 0 Å². The summed E-state index contributed by atoms with van der Waals surface area (Å²) in [4.78, 5) is 14.5. The van der Waals surface area contributed by atoms with Crippen LogP contribution in [0.25, 0.3) is 20.8 Å². The molecular weight excluding hydrogens is 363 g/mol. The van der Waals surface area contributed by atoms with E-state index in [0.29, 0.717) is 11.8 Å². The highest BCUT2D eigenvalue weighted by Crippen LogP contribution is 2.36. The fourth-order valence-electron chi connectivity index (χ4n) is 2.44. The lowest BCUT2D eigenvalue weighted by Gasteiger charge is -2.04. The Morgan fingerprint density at radius 3 is 2.52 bits per heavy atom. The second-order valence-corrected chi connectivity index (χ2v) is 6.67. The van der Waals surface area contributed by atoms with Gasteiger partial charge in [0.05, 0.1) is 15.8 Å². The van der Waals surface area contributed by atoms with Crippen LogP contribution < -0.4 is 5.32 Å². The number of aromatic nitrogens is 1. The van der Waals surface area contributed by atoms with Crippen molar-refractivity contribution in [2.75, 3.05) is 12.4 Å². The average Bonchev–Trinajstić information content (AvgIpc) is 3.12. The summed E-state index contributed by atoms with van der Waals surface area (Å²) in [7, 11) is 1.83. The summed E-state index contributed by atoms with van der Waals surface area (Å²) < 4.78 is 13.3. The van der Waals surface area contributed by atoms with E-state index >= 15 is 0 Å². The maximum Gasteiger partial charge on any atom is 0.150 e. The Morgan fingerprint density at radius 1 is 1.07 bits per heavy atom. The van der Waals surface area contributed by atoms with Crippen LogP contribution >= 0.6 is 11.3 Å². The Bertz CT molecular complexity index is 1050. The molecule has 4 nitrogen and oxygen atoms in total. The van der Waals surface area contributed by atoms with Crippen molar-refractivity contribution in [1.29, 1.82) is 0 Å². The van der Waals surface area contributed by atoms with Gasteiger partial charge >= 0.3 is 0 Å². The largest absolute Gasteiger partial charge is 0.507 e. The third-order valence-corrected chi connectivity index (χ3v) is 4.87. The quantitative estimate of drug-likeness (QED) is 0.471. The van der Waals surface area contributed by atoms with E-state index in [1.165, 1.54) is 18.2 Å². The Balaban J connectivity index is 0.000000197. The second kappa shape index (κ2) is 8.42. The van der Waals surface area contributed by atoms with Crippen LogP contribution in [0.15, 0.2) is 66.7 Å². The van der Waals surface area contributed by atoms with E-state index in [1.807, 2.05) is 43.4 Å². The molecule has 0 fully saturated rings. The zero-order valence-electron chi connectivity index (χ0n) is 14.5. The standard InChI is InChI=1S/C14H12N2OS.C7H5FO/c1-15-9-6-7-10(12(17)8-9)14-16-11-4-2-3-5-13(11)18-14;8-7-3-1-2-6(4-7)5-9/h2-8,15,17H,1H3;1-5H. The van der Waals surface area contributed by atoms with E-state index in [9.17, 15) is 14.3 Å². The summed E-state index contributed by atoms with van der Waals surface area (Å²) in [6.07, 6.45) is 0.614. The van der Waals surface area contributed by atoms with Crippen LogP contribution in [0, 0.1) is 5.82 Å². The van der Waals surface area contributed by atoms with E-state index < -0.39 is 0 Å². The molecule has 3 aromatic carbocycles. The fourth-order valence-corrected chi connectivity index (χ4v) is 3.44. The van der Waals surface area contributed by atoms with Gasteiger partial charge in [-0.25, -0.2) is 9.37 Å². The lowest BCUT2D eigenvalue weighted by molar-refractivity contribution is 0.112. The van der Waals surface area contributed by atoms with Gasteiger partial charge in [0.15, 0.2) is 0 Å². The van der Waals surface area contributed by atoms with E-state index in [1.54, 1.807) is 23.5 Å². The Kier molecular flexibility index (Phi) is 5.78. The van der Waals surface area contributed by atoms with Crippen LogP contribution in [-0.2, 0) is 0 Å². The minimum Gasteiger partial charge on any atom is -0.507 e. The number of hydrogen-bond acceptors (Lipinski definition) is 5. The van der Waals surface area contributed by atoms with Crippen molar-refractivity contribution in [1.82, 2.24) is 4.98 Å². The zero-order valence-corrected chi connectivity index (χ0v) is 15.3. The second-order valence-electron chi connectivity index (χ2n) is 5.64. The lowest BCUT2D eigenvalue weighted by Crippen LogP contribution is -1.87. The molecule has 0 bridgehead atoms. The van der Waals surface area contributed by atoms with E-state index in [4.69, 9.17) is 0 Å². The number of thiazole rings is 1. The molecule has 0 saturated carbocycles. The summed E-state index contributed by atoms with van der Waals surface area (Å²) in [5.74, 6) is -0.125. The number of carbonyl (C=O) groups is 1. The molecule has 27 heavy (non-hydrogen) atoms. The molecule has 0 unspecified atom stereocenters. The smallest absolute Gasteiger partial charge is 0.150 e. The van der Waals surface area contributed by atoms with Gasteiger partial charge < -0.3 is 10.4 Å². The van der Waals surface area contributed by atoms with Crippen LogP contribution in [0.3, 0.4) is 0 Å². The van der Waals surface area contributed by atoms with Crippen molar-refractivity contribution in [2.24, 2.45) is 0 Å². The summed E-state index contributed by atoms with van der Waals surface area (Å²) in [6, 6.07) is 19.0. The number of rotatable bonds is 3. The fraction of sp³-hybridized carbons (Fsp3) is 0.0476. The average molecular weight is 380 g/mol. The summed E-state index contributed by atoms with van der Waals surface area (Å²) in [5.41, 5.74) is 3.00. The molecule has 0 aliphatic carbocycles. The maximum atomic E-state index is 12.2.